The Labute approximate surface area is 164 Å². The maximum absolute atomic E-state index is 13.4. The van der Waals surface area contributed by atoms with Gasteiger partial charge < -0.3 is 10.1 Å². The Kier molecular flexibility index (Phi) is 4.62. The van der Waals surface area contributed by atoms with Gasteiger partial charge >= 0.3 is 5.97 Å². The molecule has 0 saturated carbocycles. The smallest absolute Gasteiger partial charge is 0.357 e. The zero-order valence-corrected chi connectivity index (χ0v) is 15.4. The third kappa shape index (κ3) is 3.03. The van der Waals surface area contributed by atoms with Crippen molar-refractivity contribution in [3.63, 3.8) is 0 Å². The standard InChI is InChI=1S/C19H14ClN5O3/c1-28-18(27)16-14(17(26)12-5-3-2-4-6-12)15(11-7-9-13(20)10-8-11)21-19-22-23-24-25(16)19/h2-10,15H,1H3,(H,21,22,24). The second-order valence-electron chi connectivity index (χ2n) is 5.99. The van der Waals surface area contributed by atoms with Gasteiger partial charge in [0, 0.05) is 10.6 Å². The maximum atomic E-state index is 13.4. The van der Waals surface area contributed by atoms with Gasteiger partial charge in [0.25, 0.3) is 0 Å². The monoisotopic (exact) mass is 395 g/mol. The van der Waals surface area contributed by atoms with E-state index in [0.717, 1.165) is 5.56 Å². The number of benzene rings is 2. The number of carbonyl (C=O) groups is 2. The third-order valence-corrected chi connectivity index (χ3v) is 4.61. The van der Waals surface area contributed by atoms with Gasteiger partial charge in [-0.3, -0.25) is 4.79 Å². The second kappa shape index (κ2) is 7.24. The van der Waals surface area contributed by atoms with E-state index < -0.39 is 12.0 Å². The van der Waals surface area contributed by atoms with E-state index in [0.29, 0.717) is 10.6 Å². The number of hydrogen-bond acceptors (Lipinski definition) is 7. The van der Waals surface area contributed by atoms with Crippen LogP contribution in [0, 0.1) is 0 Å². The van der Waals surface area contributed by atoms with E-state index in [1.54, 1.807) is 48.5 Å². The number of carbonyl (C=O) groups excluding carboxylic acids is 2. The van der Waals surface area contributed by atoms with Gasteiger partial charge in [0.05, 0.1) is 18.7 Å². The normalized spacial score (nSPS) is 15.6. The van der Waals surface area contributed by atoms with Crippen molar-refractivity contribution in [1.82, 2.24) is 20.2 Å². The fourth-order valence-corrected chi connectivity index (χ4v) is 3.19. The van der Waals surface area contributed by atoms with Crippen LogP contribution in [0.2, 0.25) is 5.02 Å². The van der Waals surface area contributed by atoms with Crippen molar-refractivity contribution in [3.05, 3.63) is 76.3 Å². The molecule has 9 heteroatoms. The highest BCUT2D eigenvalue weighted by molar-refractivity contribution is 6.30. The summed E-state index contributed by atoms with van der Waals surface area (Å²) < 4.78 is 6.10. The summed E-state index contributed by atoms with van der Waals surface area (Å²) >= 11 is 6.00. The molecule has 1 aliphatic heterocycles. The Bertz CT molecular complexity index is 1080. The molecule has 3 aromatic rings. The molecule has 140 valence electrons. The number of tetrazole rings is 1. The molecule has 1 aromatic heterocycles. The van der Waals surface area contributed by atoms with Crippen molar-refractivity contribution < 1.29 is 14.3 Å². The van der Waals surface area contributed by atoms with Gasteiger partial charge in [0.15, 0.2) is 11.5 Å². The molecule has 1 atom stereocenters. The van der Waals surface area contributed by atoms with E-state index in [-0.39, 0.29) is 23.0 Å². The molecular weight excluding hydrogens is 382 g/mol. The van der Waals surface area contributed by atoms with Crippen LogP contribution in [0.4, 0.5) is 5.95 Å². The van der Waals surface area contributed by atoms with Gasteiger partial charge in [0.2, 0.25) is 5.95 Å². The second-order valence-corrected chi connectivity index (χ2v) is 6.43. The molecule has 8 nitrogen and oxygen atoms in total. The molecule has 28 heavy (non-hydrogen) atoms. The number of esters is 1. The lowest BCUT2D eigenvalue weighted by molar-refractivity contribution is -0.134. The van der Waals surface area contributed by atoms with Crippen molar-refractivity contribution in [2.24, 2.45) is 0 Å². The Hall–Kier alpha value is -3.52. The first-order chi connectivity index (χ1) is 13.6. The van der Waals surface area contributed by atoms with Crippen molar-refractivity contribution in [3.8, 4) is 0 Å². The zero-order chi connectivity index (χ0) is 19.7. The molecule has 4 rings (SSSR count). The SMILES string of the molecule is COC(=O)C1=C(C(=O)c2ccccc2)C(c2ccc(Cl)cc2)Nc2nnnn21. The summed E-state index contributed by atoms with van der Waals surface area (Å²) in [6.45, 7) is 0. The first-order valence-electron chi connectivity index (χ1n) is 8.33. The first kappa shape index (κ1) is 17.9. The van der Waals surface area contributed by atoms with Crippen molar-refractivity contribution >= 4 is 35.0 Å². The van der Waals surface area contributed by atoms with Gasteiger partial charge in [-0.25, -0.2) is 4.79 Å². The molecule has 0 saturated heterocycles. The number of aromatic nitrogens is 4. The average molecular weight is 396 g/mol. The summed E-state index contributed by atoms with van der Waals surface area (Å²) in [7, 11) is 1.24. The lowest BCUT2D eigenvalue weighted by Gasteiger charge is -2.28. The summed E-state index contributed by atoms with van der Waals surface area (Å²) in [5.41, 5.74) is 1.30. The van der Waals surface area contributed by atoms with Crippen LogP contribution in [0.5, 0.6) is 0 Å². The number of Topliss-reactive ketones (excluding diaryl/α,β-unsaturated/α-hetero) is 1. The fourth-order valence-electron chi connectivity index (χ4n) is 3.06. The molecule has 0 radical (unpaired) electrons. The molecule has 2 heterocycles. The van der Waals surface area contributed by atoms with E-state index in [2.05, 4.69) is 20.8 Å². The van der Waals surface area contributed by atoms with Crippen LogP contribution in [0.3, 0.4) is 0 Å². The Balaban J connectivity index is 1.96. The quantitative estimate of drug-likeness (QED) is 0.535. The molecular formula is C19H14ClN5O3. The van der Waals surface area contributed by atoms with Crippen LogP contribution in [-0.4, -0.2) is 39.1 Å². The number of ether oxygens (including phenoxy) is 1. The zero-order valence-electron chi connectivity index (χ0n) is 14.7. The van der Waals surface area contributed by atoms with Crippen molar-refractivity contribution in [1.29, 1.82) is 0 Å². The number of hydrogen-bond donors (Lipinski definition) is 1. The van der Waals surface area contributed by atoms with Crippen LogP contribution in [-0.2, 0) is 9.53 Å². The van der Waals surface area contributed by atoms with Crippen LogP contribution in [0.1, 0.15) is 22.0 Å². The van der Waals surface area contributed by atoms with Gasteiger partial charge in [-0.1, -0.05) is 59.2 Å². The number of rotatable bonds is 4. The van der Waals surface area contributed by atoms with Crippen LogP contribution in [0.15, 0.2) is 60.2 Å². The molecule has 0 bridgehead atoms. The molecule has 0 aliphatic carbocycles. The summed E-state index contributed by atoms with van der Waals surface area (Å²) in [5.74, 6) is -0.826. The third-order valence-electron chi connectivity index (χ3n) is 4.36. The van der Waals surface area contributed by atoms with E-state index in [1.807, 2.05) is 6.07 Å². The van der Waals surface area contributed by atoms with E-state index in [1.165, 1.54) is 11.8 Å². The first-order valence-corrected chi connectivity index (χ1v) is 8.71. The molecule has 1 unspecified atom stereocenters. The molecule has 0 fully saturated rings. The topological polar surface area (TPSA) is 99.0 Å². The van der Waals surface area contributed by atoms with Gasteiger partial charge in [0.1, 0.15) is 0 Å². The van der Waals surface area contributed by atoms with Crippen molar-refractivity contribution in [2.45, 2.75) is 6.04 Å². The number of anilines is 1. The molecule has 1 N–H and O–H groups in total. The van der Waals surface area contributed by atoms with Crippen LogP contribution >= 0.6 is 11.6 Å². The Morgan fingerprint density at radius 3 is 2.50 bits per heavy atom. The number of methoxy groups -OCH3 is 1. The Morgan fingerprint density at radius 1 is 1.11 bits per heavy atom. The highest BCUT2D eigenvalue weighted by Gasteiger charge is 2.38. The number of nitrogens with zero attached hydrogens (tertiary/aromatic N) is 4. The largest absolute Gasteiger partial charge is 0.464 e. The number of ketones is 1. The Morgan fingerprint density at radius 2 is 1.82 bits per heavy atom. The highest BCUT2D eigenvalue weighted by atomic mass is 35.5. The predicted octanol–water partition coefficient (Wildman–Crippen LogP) is 2.76. The van der Waals surface area contributed by atoms with Crippen molar-refractivity contribution in [2.75, 3.05) is 12.4 Å². The minimum atomic E-state index is -0.715. The number of fused-ring (bicyclic) bond motifs is 1. The lowest BCUT2D eigenvalue weighted by atomic mass is 9.89. The molecule has 0 spiro atoms. The number of halogens is 1. The van der Waals surface area contributed by atoms with Crippen LogP contribution < -0.4 is 5.32 Å². The summed E-state index contributed by atoms with van der Waals surface area (Å²) in [5, 5.41) is 15.0. The molecule has 0 amide bonds. The van der Waals surface area contributed by atoms with E-state index in [9.17, 15) is 9.59 Å². The summed E-state index contributed by atoms with van der Waals surface area (Å²) in [6.07, 6.45) is 0. The van der Waals surface area contributed by atoms with Gasteiger partial charge in [-0.2, -0.15) is 4.68 Å². The molecule has 2 aromatic carbocycles. The van der Waals surface area contributed by atoms with Gasteiger partial charge in [-0.15, -0.1) is 0 Å². The summed E-state index contributed by atoms with van der Waals surface area (Å²) in [6, 6.07) is 15.0. The lowest BCUT2D eigenvalue weighted by Crippen LogP contribution is -2.31. The average Bonchev–Trinajstić information content (AvgIpc) is 3.21. The van der Waals surface area contributed by atoms with Crippen LogP contribution in [0.25, 0.3) is 5.70 Å². The minimum absolute atomic E-state index is 0.0324. The van der Waals surface area contributed by atoms with Gasteiger partial charge in [-0.05, 0) is 28.1 Å². The van der Waals surface area contributed by atoms with E-state index in [4.69, 9.17) is 16.3 Å². The van der Waals surface area contributed by atoms with E-state index >= 15 is 0 Å². The highest BCUT2D eigenvalue weighted by Crippen LogP contribution is 2.37. The fraction of sp³-hybridized carbons (Fsp3) is 0.105. The number of nitrogens with one attached hydrogen (secondary N) is 1. The predicted molar refractivity (Wildman–Crippen MR) is 102 cm³/mol. The minimum Gasteiger partial charge on any atom is -0.464 e. The maximum Gasteiger partial charge on any atom is 0.357 e. The molecule has 1 aliphatic rings. The summed E-state index contributed by atoms with van der Waals surface area (Å²) in [4.78, 5) is 26.0.